The summed E-state index contributed by atoms with van der Waals surface area (Å²) >= 11 is 0.577. The van der Waals surface area contributed by atoms with Crippen LogP contribution < -0.4 is 5.79 Å². The van der Waals surface area contributed by atoms with Gasteiger partial charge in [-0.15, -0.1) is 0 Å². The SMILES string of the molecule is CCCCCCCCCCCCc1cc(/C=C2\c3c[c]([SnH]([CH3])[CH3])sc3-c3s[c]([Sn]([CH3])([CH3])[CH3])cc32)cc(CCCCCCCCCCCC)c1. The second-order valence-corrected chi connectivity index (χ2v) is 43.8. The van der Waals surface area contributed by atoms with Gasteiger partial charge in [0.25, 0.3) is 0 Å². The van der Waals surface area contributed by atoms with Crippen LogP contribution in [0.4, 0.5) is 0 Å². The Bertz CT molecular complexity index is 1370. The molecule has 0 nitrogen and oxygen atoms in total. The Morgan fingerprint density at radius 1 is 0.531 bits per heavy atom. The number of fused-ring (bicyclic) bond motifs is 3. The summed E-state index contributed by atoms with van der Waals surface area (Å²) in [7, 11) is 0. The second-order valence-electron chi connectivity index (χ2n) is 16.7. The number of hydrogen-bond acceptors (Lipinski definition) is 2. The van der Waals surface area contributed by atoms with E-state index in [0.717, 1.165) is 0 Å². The van der Waals surface area contributed by atoms with E-state index in [1.165, 1.54) is 152 Å². The minimum atomic E-state index is -2.16. The molecular formula is C45H72S2Sn2. The van der Waals surface area contributed by atoms with Crippen molar-refractivity contribution in [2.45, 2.75) is 180 Å². The molecule has 0 radical (unpaired) electrons. The van der Waals surface area contributed by atoms with Crippen molar-refractivity contribution in [3.8, 4) is 9.75 Å². The van der Waals surface area contributed by atoms with Crippen molar-refractivity contribution in [2.75, 3.05) is 0 Å². The zero-order valence-electron chi connectivity index (χ0n) is 32.9. The normalized spacial score (nSPS) is 13.6. The molecule has 2 aromatic heterocycles. The summed E-state index contributed by atoms with van der Waals surface area (Å²) in [6.07, 6.45) is 33.3. The average molecular weight is 915 g/mol. The van der Waals surface area contributed by atoms with Gasteiger partial charge in [0.05, 0.1) is 0 Å². The summed E-state index contributed by atoms with van der Waals surface area (Å²) in [5, 5.41) is 0. The molecule has 4 rings (SSSR count). The van der Waals surface area contributed by atoms with Crippen molar-refractivity contribution in [1.29, 1.82) is 0 Å². The van der Waals surface area contributed by atoms with Gasteiger partial charge in [0.2, 0.25) is 0 Å². The summed E-state index contributed by atoms with van der Waals surface area (Å²) in [6.45, 7) is 4.63. The van der Waals surface area contributed by atoms with Crippen LogP contribution >= 0.6 is 22.7 Å². The molecule has 1 aromatic carbocycles. The first-order valence-corrected chi connectivity index (χ1v) is 40.7. The van der Waals surface area contributed by atoms with Crippen LogP contribution in [0.25, 0.3) is 21.4 Å². The molecule has 0 saturated heterocycles. The summed E-state index contributed by atoms with van der Waals surface area (Å²) in [5.41, 5.74) is 9.24. The molecule has 0 amide bonds. The molecule has 3 aromatic rings. The standard InChI is InChI=1S/C40H56S2.5CH3.2Sn.H/c1-3-5-7-9-11-13-15-17-19-21-23-33-29-34(24-22-20-18-16-14-12-10-8-6-4-2)31-35(30-33)32-38-36-25-27-41-39(36)40-37(38)26-28-42-40;;;;;;;;/h25-26,29-32H,3-24H2,1-2H3;5*1H3;;;. The number of benzene rings is 1. The van der Waals surface area contributed by atoms with Gasteiger partial charge >= 0.3 is 222 Å². The van der Waals surface area contributed by atoms with E-state index in [4.69, 9.17) is 0 Å². The fourth-order valence-electron chi connectivity index (χ4n) is 7.46. The molecule has 0 bridgehead atoms. The molecule has 272 valence electrons. The Labute approximate surface area is 323 Å². The van der Waals surface area contributed by atoms with E-state index in [2.05, 4.69) is 97.6 Å². The summed E-state index contributed by atoms with van der Waals surface area (Å²) in [4.78, 5) is 16.1. The minimum absolute atomic E-state index is 1.24. The zero-order chi connectivity index (χ0) is 35.1. The summed E-state index contributed by atoms with van der Waals surface area (Å²) in [5.74, 6) is 0. The zero-order valence-corrected chi connectivity index (χ0v) is 40.7. The first kappa shape index (κ1) is 41.7. The van der Waals surface area contributed by atoms with Gasteiger partial charge in [-0.25, -0.2) is 0 Å². The number of thiophene rings is 2. The summed E-state index contributed by atoms with van der Waals surface area (Å²) < 4.78 is 3.48. The molecule has 1 aliphatic rings. The van der Waals surface area contributed by atoms with Gasteiger partial charge in [-0.05, 0) is 0 Å². The molecular weight excluding hydrogens is 842 g/mol. The van der Waals surface area contributed by atoms with Crippen LogP contribution in [0.5, 0.6) is 0 Å². The molecule has 0 saturated carbocycles. The van der Waals surface area contributed by atoms with Crippen molar-refractivity contribution < 1.29 is 0 Å². The number of aryl methyl sites for hydroxylation is 2. The fraction of sp³-hybridized carbons (Fsp3) is 0.644. The molecule has 0 aliphatic heterocycles. The van der Waals surface area contributed by atoms with Crippen LogP contribution in [0.1, 0.15) is 170 Å². The molecule has 0 fully saturated rings. The van der Waals surface area contributed by atoms with Crippen molar-refractivity contribution in [3.63, 3.8) is 0 Å². The van der Waals surface area contributed by atoms with E-state index in [1.807, 2.05) is 0 Å². The molecule has 0 atom stereocenters. The van der Waals surface area contributed by atoms with Crippen LogP contribution in [0.3, 0.4) is 0 Å². The predicted molar refractivity (Wildman–Crippen MR) is 234 cm³/mol. The Kier molecular flexibility index (Phi) is 18.9. The Hall–Kier alpha value is -0.0426. The van der Waals surface area contributed by atoms with Crippen LogP contribution in [-0.4, -0.2) is 38.1 Å². The Morgan fingerprint density at radius 2 is 0.959 bits per heavy atom. The quantitative estimate of drug-likeness (QED) is 0.0459. The number of unbranched alkanes of at least 4 members (excludes halogenated alkanes) is 18. The Morgan fingerprint density at radius 3 is 1.41 bits per heavy atom. The van der Waals surface area contributed by atoms with Crippen molar-refractivity contribution in [2.24, 2.45) is 0 Å². The van der Waals surface area contributed by atoms with Gasteiger partial charge in [-0.2, -0.15) is 0 Å². The fourth-order valence-corrected chi connectivity index (χ4v) is 19.6. The molecule has 1 aliphatic carbocycles. The van der Waals surface area contributed by atoms with Gasteiger partial charge in [0.1, 0.15) is 0 Å². The van der Waals surface area contributed by atoms with Gasteiger partial charge in [-0.1, -0.05) is 104 Å². The van der Waals surface area contributed by atoms with E-state index < -0.39 is 38.1 Å². The van der Waals surface area contributed by atoms with Crippen molar-refractivity contribution in [1.82, 2.24) is 0 Å². The maximum absolute atomic E-state index is 2.63. The van der Waals surface area contributed by atoms with Crippen LogP contribution in [0, 0.1) is 0 Å². The van der Waals surface area contributed by atoms with Crippen molar-refractivity contribution in [3.05, 3.63) is 58.1 Å². The third kappa shape index (κ3) is 13.7. The molecule has 0 unspecified atom stereocenters. The summed E-state index contributed by atoms with van der Waals surface area (Å²) in [6, 6.07) is 13.0. The average Bonchev–Trinajstić information content (AvgIpc) is 3.76. The topological polar surface area (TPSA) is 0 Å². The molecule has 4 heteroatoms. The molecule has 49 heavy (non-hydrogen) atoms. The first-order valence-electron chi connectivity index (χ1n) is 20.8. The Balaban J connectivity index is 1.46. The van der Waals surface area contributed by atoms with Crippen LogP contribution in [0.2, 0.25) is 24.7 Å². The van der Waals surface area contributed by atoms with Gasteiger partial charge < -0.3 is 0 Å². The van der Waals surface area contributed by atoms with Gasteiger partial charge in [-0.3, -0.25) is 0 Å². The van der Waals surface area contributed by atoms with E-state index >= 15 is 0 Å². The van der Waals surface area contributed by atoms with Crippen molar-refractivity contribution >= 4 is 78.2 Å². The molecule has 0 spiro atoms. The van der Waals surface area contributed by atoms with E-state index in [0.29, 0.717) is 0 Å². The van der Waals surface area contributed by atoms with Gasteiger partial charge in [0.15, 0.2) is 0 Å². The number of rotatable bonds is 25. The number of hydrogen-bond donors (Lipinski definition) is 0. The third-order valence-corrected chi connectivity index (χ3v) is 30.2. The van der Waals surface area contributed by atoms with E-state index in [9.17, 15) is 0 Å². The predicted octanol–water partition coefficient (Wildman–Crippen LogP) is 14.5. The van der Waals surface area contributed by atoms with E-state index in [-0.39, 0.29) is 0 Å². The third-order valence-electron chi connectivity index (χ3n) is 10.6. The van der Waals surface area contributed by atoms with E-state index in [1.54, 1.807) is 37.8 Å². The second kappa shape index (κ2) is 22.2. The van der Waals surface area contributed by atoms with Gasteiger partial charge in [0, 0.05) is 0 Å². The van der Waals surface area contributed by atoms with Crippen LogP contribution in [-0.2, 0) is 12.8 Å². The van der Waals surface area contributed by atoms with Crippen LogP contribution in [0.15, 0.2) is 30.3 Å². The first-order chi connectivity index (χ1) is 23.7. The molecule has 2 heterocycles. The molecule has 0 N–H and O–H groups in total. The maximum atomic E-state index is 2.63. The monoisotopic (exact) mass is 916 g/mol.